The third kappa shape index (κ3) is 3.17. The van der Waals surface area contributed by atoms with E-state index in [1.165, 1.54) is 6.92 Å². The summed E-state index contributed by atoms with van der Waals surface area (Å²) in [6, 6.07) is 0. The van der Waals surface area contributed by atoms with Gasteiger partial charge in [0.25, 0.3) is 0 Å². The van der Waals surface area contributed by atoms with Gasteiger partial charge in [0.05, 0.1) is 0 Å². The molecule has 0 spiro atoms. The molecule has 0 saturated carbocycles. The maximum atomic E-state index is 10.6. The molecule has 5 heteroatoms. The van der Waals surface area contributed by atoms with E-state index in [1.54, 1.807) is 6.92 Å². The predicted octanol–water partition coefficient (Wildman–Crippen LogP) is -0.860. The molecule has 0 bridgehead atoms. The molecule has 1 atom stereocenters. The van der Waals surface area contributed by atoms with Crippen LogP contribution >= 0.6 is 0 Å². The Kier molecular flexibility index (Phi) is 4.16. The van der Waals surface area contributed by atoms with Gasteiger partial charge in [0, 0.05) is 6.54 Å². The fraction of sp³-hybridized carbons (Fsp3) is 0.857. The van der Waals surface area contributed by atoms with Crippen LogP contribution in [0.3, 0.4) is 0 Å². The summed E-state index contributed by atoms with van der Waals surface area (Å²) in [5, 5.41) is 28.3. The van der Waals surface area contributed by atoms with Crippen molar-refractivity contribution < 1.29 is 20.1 Å². The van der Waals surface area contributed by atoms with E-state index >= 15 is 0 Å². The molecule has 1 unspecified atom stereocenters. The molecule has 5 nitrogen and oxygen atoms in total. The lowest BCUT2D eigenvalue weighted by Gasteiger charge is -2.24. The second-order valence-electron chi connectivity index (χ2n) is 2.85. The molecule has 4 N–H and O–H groups in total. The topological polar surface area (TPSA) is 89.8 Å². The molecule has 0 amide bonds. The van der Waals surface area contributed by atoms with Crippen molar-refractivity contribution in [2.75, 3.05) is 6.54 Å². The molecule has 0 fully saturated rings. The zero-order valence-electron chi connectivity index (χ0n) is 7.24. The van der Waals surface area contributed by atoms with E-state index in [9.17, 15) is 4.79 Å². The number of aliphatic hydroxyl groups excluding tert-OH is 1. The average molecular weight is 177 g/mol. The van der Waals surface area contributed by atoms with Crippen molar-refractivity contribution >= 4 is 5.97 Å². The van der Waals surface area contributed by atoms with E-state index in [0.717, 1.165) is 0 Å². The van der Waals surface area contributed by atoms with Gasteiger partial charge in [-0.15, -0.1) is 0 Å². The van der Waals surface area contributed by atoms with E-state index in [0.29, 0.717) is 6.42 Å². The van der Waals surface area contributed by atoms with Crippen molar-refractivity contribution in [2.45, 2.75) is 32.1 Å². The van der Waals surface area contributed by atoms with Crippen LogP contribution in [0.1, 0.15) is 20.3 Å². The first kappa shape index (κ1) is 11.4. The molecular weight excluding hydrogens is 162 g/mol. The van der Waals surface area contributed by atoms with Gasteiger partial charge in [-0.25, -0.2) is 0 Å². The highest BCUT2D eigenvalue weighted by Gasteiger charge is 2.30. The van der Waals surface area contributed by atoms with Crippen LogP contribution in [0.15, 0.2) is 0 Å². The van der Waals surface area contributed by atoms with Crippen LogP contribution in [-0.4, -0.2) is 39.7 Å². The van der Waals surface area contributed by atoms with Crippen LogP contribution in [0.5, 0.6) is 0 Å². The first-order chi connectivity index (χ1) is 5.42. The second kappa shape index (κ2) is 4.39. The number of aliphatic carboxylic acids is 1. The fourth-order valence-electron chi connectivity index (χ4n) is 0.668. The number of carboxylic acids is 1. The molecule has 0 heterocycles. The molecule has 72 valence electrons. The van der Waals surface area contributed by atoms with Crippen LogP contribution in [-0.2, 0) is 4.79 Å². The first-order valence-corrected chi connectivity index (χ1v) is 3.77. The van der Waals surface area contributed by atoms with Crippen LogP contribution in [0.2, 0.25) is 0 Å². The third-order valence-corrected chi connectivity index (χ3v) is 1.85. The summed E-state index contributed by atoms with van der Waals surface area (Å²) in [7, 11) is 0. The largest absolute Gasteiger partial charge is 0.480 e. The predicted molar refractivity (Wildman–Crippen MR) is 42.6 cm³/mol. The minimum Gasteiger partial charge on any atom is -0.480 e. The molecule has 12 heavy (non-hydrogen) atoms. The molecule has 0 radical (unpaired) electrons. The van der Waals surface area contributed by atoms with E-state index in [2.05, 4.69) is 5.32 Å². The monoisotopic (exact) mass is 177 g/mol. The number of hydrogen-bond donors (Lipinski definition) is 4. The van der Waals surface area contributed by atoms with Crippen molar-refractivity contribution in [1.82, 2.24) is 5.32 Å². The van der Waals surface area contributed by atoms with Crippen LogP contribution in [0.4, 0.5) is 0 Å². The molecule has 0 aromatic carbocycles. The zero-order valence-corrected chi connectivity index (χ0v) is 7.24. The highest BCUT2D eigenvalue weighted by molar-refractivity contribution is 5.78. The highest BCUT2D eigenvalue weighted by Crippen LogP contribution is 2.08. The van der Waals surface area contributed by atoms with Gasteiger partial charge in [0.15, 0.2) is 6.29 Å². The first-order valence-electron chi connectivity index (χ1n) is 3.77. The maximum Gasteiger partial charge on any atom is 0.323 e. The van der Waals surface area contributed by atoms with E-state index in [-0.39, 0.29) is 6.54 Å². The van der Waals surface area contributed by atoms with Gasteiger partial charge >= 0.3 is 5.97 Å². The maximum absolute atomic E-state index is 10.6. The lowest BCUT2D eigenvalue weighted by molar-refractivity contribution is -0.145. The number of hydrogen-bond acceptors (Lipinski definition) is 4. The summed E-state index contributed by atoms with van der Waals surface area (Å²) in [4.78, 5) is 10.6. The average Bonchev–Trinajstić information content (AvgIpc) is 1.99. The quantitative estimate of drug-likeness (QED) is 0.410. The summed E-state index contributed by atoms with van der Waals surface area (Å²) >= 11 is 0. The molecule has 0 saturated heterocycles. The molecule has 0 aromatic heterocycles. The Labute approximate surface area is 71.0 Å². The standard InChI is InChI=1S/C7H15NO4/c1-3-7(2,6(11)12)8-4-5(9)10/h5,8-10H,3-4H2,1-2H3,(H,11,12). The number of β-amino-alcohol motifs (C(OH)–C–C–N with tert-alkyl or cyclic N) is 2. The summed E-state index contributed by atoms with van der Waals surface area (Å²) in [5.74, 6) is -0.995. The van der Waals surface area contributed by atoms with Crippen LogP contribution in [0, 0.1) is 0 Å². The minimum atomic E-state index is -1.52. The van der Waals surface area contributed by atoms with Gasteiger partial charge in [-0.1, -0.05) is 6.92 Å². The summed E-state index contributed by atoms with van der Waals surface area (Å²) in [6.45, 7) is 3.07. The number of aliphatic hydroxyl groups is 2. The van der Waals surface area contributed by atoms with Gasteiger partial charge < -0.3 is 15.3 Å². The molecule has 0 aliphatic rings. The highest BCUT2D eigenvalue weighted by atomic mass is 16.5. The SMILES string of the molecule is CCC(C)(NCC(O)O)C(=O)O. The van der Waals surface area contributed by atoms with Gasteiger partial charge in [-0.3, -0.25) is 10.1 Å². The van der Waals surface area contributed by atoms with Crippen LogP contribution in [0.25, 0.3) is 0 Å². The molecule has 0 aromatic rings. The van der Waals surface area contributed by atoms with Crippen molar-refractivity contribution in [3.05, 3.63) is 0 Å². The molecule has 0 aliphatic heterocycles. The van der Waals surface area contributed by atoms with Crippen molar-refractivity contribution in [3.8, 4) is 0 Å². The summed E-state index contributed by atoms with van der Waals surface area (Å²) in [6.07, 6.45) is -1.13. The Morgan fingerprint density at radius 1 is 1.58 bits per heavy atom. The normalized spacial score (nSPS) is 16.1. The Bertz CT molecular complexity index is 159. The number of nitrogens with one attached hydrogen (secondary N) is 1. The van der Waals surface area contributed by atoms with Crippen molar-refractivity contribution in [2.24, 2.45) is 0 Å². The number of carboxylic acid groups (broad SMARTS) is 1. The Morgan fingerprint density at radius 3 is 2.33 bits per heavy atom. The molecule has 0 rings (SSSR count). The van der Waals surface area contributed by atoms with Crippen molar-refractivity contribution in [3.63, 3.8) is 0 Å². The number of carbonyl (C=O) groups is 1. The molecular formula is C7H15NO4. The van der Waals surface area contributed by atoms with E-state index in [4.69, 9.17) is 15.3 Å². The third-order valence-electron chi connectivity index (χ3n) is 1.85. The number of rotatable bonds is 5. The zero-order chi connectivity index (χ0) is 9.78. The van der Waals surface area contributed by atoms with E-state index in [1.807, 2.05) is 0 Å². The lowest BCUT2D eigenvalue weighted by Crippen LogP contribution is -2.51. The van der Waals surface area contributed by atoms with E-state index < -0.39 is 17.8 Å². The summed E-state index contributed by atoms with van der Waals surface area (Å²) in [5.41, 5.74) is -1.08. The Hall–Kier alpha value is -0.650. The van der Waals surface area contributed by atoms with Crippen molar-refractivity contribution in [1.29, 1.82) is 0 Å². The summed E-state index contributed by atoms with van der Waals surface area (Å²) < 4.78 is 0. The van der Waals surface area contributed by atoms with Gasteiger partial charge in [0.1, 0.15) is 5.54 Å². The Morgan fingerprint density at radius 2 is 2.08 bits per heavy atom. The van der Waals surface area contributed by atoms with Gasteiger partial charge in [-0.05, 0) is 13.3 Å². The van der Waals surface area contributed by atoms with Gasteiger partial charge in [-0.2, -0.15) is 0 Å². The van der Waals surface area contributed by atoms with Gasteiger partial charge in [0.2, 0.25) is 0 Å². The molecule has 0 aliphatic carbocycles. The fourth-order valence-corrected chi connectivity index (χ4v) is 0.668. The smallest absolute Gasteiger partial charge is 0.323 e. The second-order valence-corrected chi connectivity index (χ2v) is 2.85. The Balaban J connectivity index is 4.06. The van der Waals surface area contributed by atoms with Crippen LogP contribution < -0.4 is 5.32 Å². The minimum absolute atomic E-state index is 0.142. The lowest BCUT2D eigenvalue weighted by atomic mass is 9.99.